The van der Waals surface area contributed by atoms with Gasteiger partial charge in [0.05, 0.1) is 42.1 Å². The maximum atomic E-state index is 12.5. The monoisotopic (exact) mass is 509 g/mol. The van der Waals surface area contributed by atoms with Crippen LogP contribution in [0.2, 0.25) is 0 Å². The summed E-state index contributed by atoms with van der Waals surface area (Å²) in [6, 6.07) is 11.4. The van der Waals surface area contributed by atoms with E-state index in [0.717, 1.165) is 22.6 Å². The van der Waals surface area contributed by atoms with E-state index < -0.39 is 4.92 Å². The highest BCUT2D eigenvalue weighted by atomic mass is 32.1. The smallest absolute Gasteiger partial charge is 0.325 e. The zero-order chi connectivity index (χ0) is 26.0. The molecule has 0 bridgehead atoms. The molecule has 1 N–H and O–H groups in total. The molecule has 1 aliphatic heterocycles. The maximum absolute atomic E-state index is 12.5. The third kappa shape index (κ3) is 4.61. The lowest BCUT2D eigenvalue weighted by atomic mass is 9.97. The van der Waals surface area contributed by atoms with Crippen LogP contribution < -0.4 is 10.1 Å². The fourth-order valence-corrected chi connectivity index (χ4v) is 4.99. The van der Waals surface area contributed by atoms with Gasteiger partial charge >= 0.3 is 5.97 Å². The molecular weight excluding hydrogens is 482 g/mol. The standard InChI is InChI=1S/C25H27N5O5S/c1-5-35-22(31)14-28-24(23(27-25(28)36)19-8-6-7-11-26-19)18-12-15(2)29(16(18)3)20-13-17(30(32)33)9-10-21(20)34-4/h6-13,23-24H,5,14H2,1-4H3,(H,27,36)/t23-,24+/m0/s1. The molecule has 36 heavy (non-hydrogen) atoms. The second-order valence-corrected chi connectivity index (χ2v) is 8.72. The summed E-state index contributed by atoms with van der Waals surface area (Å²) in [4.78, 5) is 29.9. The van der Waals surface area contributed by atoms with Gasteiger partial charge < -0.3 is 24.3 Å². The molecule has 0 unspecified atom stereocenters. The van der Waals surface area contributed by atoms with Crippen LogP contribution >= 0.6 is 12.2 Å². The number of nitrogens with one attached hydrogen (secondary N) is 1. The first-order chi connectivity index (χ1) is 17.3. The number of hydrogen-bond donors (Lipinski definition) is 1. The van der Waals surface area contributed by atoms with Gasteiger partial charge in [0.25, 0.3) is 5.69 Å². The lowest BCUT2D eigenvalue weighted by Gasteiger charge is -2.27. The van der Waals surface area contributed by atoms with Crippen LogP contribution in [0.5, 0.6) is 5.75 Å². The van der Waals surface area contributed by atoms with Crippen molar-refractivity contribution in [3.05, 3.63) is 81.4 Å². The number of nitrogens with zero attached hydrogens (tertiary/aromatic N) is 4. The second kappa shape index (κ2) is 10.3. The summed E-state index contributed by atoms with van der Waals surface area (Å²) >= 11 is 5.64. The van der Waals surface area contributed by atoms with E-state index in [-0.39, 0.29) is 36.9 Å². The molecule has 0 amide bonds. The fourth-order valence-electron chi connectivity index (χ4n) is 4.68. The molecule has 3 heterocycles. The van der Waals surface area contributed by atoms with E-state index >= 15 is 0 Å². The van der Waals surface area contributed by atoms with E-state index in [1.807, 2.05) is 47.6 Å². The zero-order valence-electron chi connectivity index (χ0n) is 20.4. The minimum Gasteiger partial charge on any atom is -0.495 e. The number of rotatable bonds is 8. The number of methoxy groups -OCH3 is 1. The minimum absolute atomic E-state index is 0.0303. The van der Waals surface area contributed by atoms with Gasteiger partial charge in [-0.3, -0.25) is 19.9 Å². The van der Waals surface area contributed by atoms with Crippen molar-refractivity contribution in [2.45, 2.75) is 32.9 Å². The van der Waals surface area contributed by atoms with E-state index in [1.165, 1.54) is 19.2 Å². The van der Waals surface area contributed by atoms with Crippen LogP contribution in [0.15, 0.2) is 48.7 Å². The van der Waals surface area contributed by atoms with Crippen molar-refractivity contribution in [2.75, 3.05) is 20.3 Å². The van der Waals surface area contributed by atoms with E-state index in [9.17, 15) is 14.9 Å². The Morgan fingerprint density at radius 1 is 1.25 bits per heavy atom. The van der Waals surface area contributed by atoms with Gasteiger partial charge in [-0.05, 0) is 62.8 Å². The van der Waals surface area contributed by atoms with E-state index in [4.69, 9.17) is 21.7 Å². The molecule has 188 valence electrons. The van der Waals surface area contributed by atoms with Gasteiger partial charge in [-0.2, -0.15) is 0 Å². The molecule has 0 saturated carbocycles. The topological polar surface area (TPSA) is 112 Å². The van der Waals surface area contributed by atoms with Crippen molar-refractivity contribution in [3.8, 4) is 11.4 Å². The largest absolute Gasteiger partial charge is 0.495 e. The summed E-state index contributed by atoms with van der Waals surface area (Å²) in [5.41, 5.74) is 3.85. The van der Waals surface area contributed by atoms with Gasteiger partial charge in [0.15, 0.2) is 5.11 Å². The first kappa shape index (κ1) is 25.1. The lowest BCUT2D eigenvalue weighted by molar-refractivity contribution is -0.384. The Morgan fingerprint density at radius 3 is 2.67 bits per heavy atom. The van der Waals surface area contributed by atoms with Gasteiger partial charge in [-0.25, -0.2) is 0 Å². The molecule has 10 nitrogen and oxygen atoms in total. The van der Waals surface area contributed by atoms with Crippen LogP contribution in [0.25, 0.3) is 5.69 Å². The molecule has 3 aromatic rings. The Kier molecular flexibility index (Phi) is 7.20. The summed E-state index contributed by atoms with van der Waals surface area (Å²) in [5, 5.41) is 15.2. The van der Waals surface area contributed by atoms with Gasteiger partial charge in [-0.15, -0.1) is 0 Å². The maximum Gasteiger partial charge on any atom is 0.325 e. The first-order valence-corrected chi connectivity index (χ1v) is 11.8. The Balaban J connectivity index is 1.86. The summed E-state index contributed by atoms with van der Waals surface area (Å²) < 4.78 is 12.6. The third-order valence-electron chi connectivity index (χ3n) is 6.21. The molecule has 2 atom stereocenters. The van der Waals surface area contributed by atoms with Crippen LogP contribution in [-0.4, -0.2) is 50.7 Å². The lowest BCUT2D eigenvalue weighted by Crippen LogP contribution is -2.35. The van der Waals surface area contributed by atoms with Crippen molar-refractivity contribution in [1.82, 2.24) is 19.8 Å². The van der Waals surface area contributed by atoms with Crippen molar-refractivity contribution >= 4 is 29.0 Å². The molecule has 4 rings (SSSR count). The molecule has 1 aromatic carbocycles. The number of carbonyl (C=O) groups is 1. The van der Waals surface area contributed by atoms with Gasteiger partial charge in [0, 0.05) is 29.7 Å². The number of aromatic nitrogens is 2. The molecule has 1 saturated heterocycles. The number of esters is 1. The van der Waals surface area contributed by atoms with Gasteiger partial charge in [-0.1, -0.05) is 6.07 Å². The van der Waals surface area contributed by atoms with Crippen molar-refractivity contribution < 1.29 is 19.2 Å². The number of nitro groups is 1. The van der Waals surface area contributed by atoms with Gasteiger partial charge in [0.1, 0.15) is 12.3 Å². The highest BCUT2D eigenvalue weighted by molar-refractivity contribution is 7.80. The molecule has 11 heteroatoms. The average molecular weight is 510 g/mol. The second-order valence-electron chi connectivity index (χ2n) is 8.33. The molecule has 0 spiro atoms. The van der Waals surface area contributed by atoms with Crippen LogP contribution in [0.1, 0.15) is 41.7 Å². The zero-order valence-corrected chi connectivity index (χ0v) is 21.2. The number of aryl methyl sites for hydroxylation is 1. The molecule has 1 aliphatic rings. The minimum atomic E-state index is -0.435. The van der Waals surface area contributed by atoms with Crippen LogP contribution in [0.3, 0.4) is 0 Å². The van der Waals surface area contributed by atoms with E-state index in [2.05, 4.69) is 10.3 Å². The SMILES string of the molecule is CCOC(=O)CN1C(=S)N[C@@H](c2ccccn2)[C@H]1c1cc(C)n(-c2cc([N+](=O)[O-])ccc2OC)c1C. The quantitative estimate of drug-likeness (QED) is 0.209. The number of carbonyl (C=O) groups excluding carboxylic acids is 1. The number of pyridine rings is 1. The summed E-state index contributed by atoms with van der Waals surface area (Å²) in [6.45, 7) is 5.84. The predicted molar refractivity (Wildman–Crippen MR) is 137 cm³/mol. The number of ether oxygens (including phenoxy) is 2. The van der Waals surface area contributed by atoms with Crippen molar-refractivity contribution in [1.29, 1.82) is 0 Å². The molecule has 0 aliphatic carbocycles. The predicted octanol–water partition coefficient (Wildman–Crippen LogP) is 3.94. The Labute approximate surface area is 214 Å². The first-order valence-electron chi connectivity index (χ1n) is 11.4. The summed E-state index contributed by atoms with van der Waals surface area (Å²) in [5.74, 6) is 0.112. The summed E-state index contributed by atoms with van der Waals surface area (Å²) in [7, 11) is 1.53. The molecule has 2 aromatic heterocycles. The average Bonchev–Trinajstić information content (AvgIpc) is 3.33. The van der Waals surface area contributed by atoms with Crippen LogP contribution in [0, 0.1) is 24.0 Å². The normalized spacial score (nSPS) is 17.1. The number of hydrogen-bond acceptors (Lipinski definition) is 7. The van der Waals surface area contributed by atoms with E-state index in [1.54, 1.807) is 19.2 Å². The highest BCUT2D eigenvalue weighted by Gasteiger charge is 2.42. The third-order valence-corrected chi connectivity index (χ3v) is 6.56. The Hall–Kier alpha value is -3.99. The van der Waals surface area contributed by atoms with E-state index in [0.29, 0.717) is 16.5 Å². The van der Waals surface area contributed by atoms with Crippen molar-refractivity contribution in [3.63, 3.8) is 0 Å². The Morgan fingerprint density at radius 2 is 2.03 bits per heavy atom. The fraction of sp³-hybridized carbons (Fsp3) is 0.320. The number of non-ortho nitro benzene ring substituents is 1. The summed E-state index contributed by atoms with van der Waals surface area (Å²) in [6.07, 6.45) is 1.71. The molecule has 0 radical (unpaired) electrons. The van der Waals surface area contributed by atoms with Gasteiger partial charge in [0.2, 0.25) is 0 Å². The Bertz CT molecular complexity index is 1310. The highest BCUT2D eigenvalue weighted by Crippen LogP contribution is 2.42. The van der Waals surface area contributed by atoms with Crippen molar-refractivity contribution in [2.24, 2.45) is 0 Å². The number of benzene rings is 1. The van der Waals surface area contributed by atoms with Crippen LogP contribution in [0.4, 0.5) is 5.69 Å². The number of thiocarbonyl (C=S) groups is 1. The number of nitro benzene ring substituents is 1. The van der Waals surface area contributed by atoms with Crippen LogP contribution in [-0.2, 0) is 9.53 Å². The molecule has 1 fully saturated rings. The molecular formula is C25H27N5O5S.